The minimum absolute atomic E-state index is 0.289. The number of aromatic nitrogens is 6. The summed E-state index contributed by atoms with van der Waals surface area (Å²) in [4.78, 5) is 21.7. The lowest BCUT2D eigenvalue weighted by Gasteiger charge is -2.20. The molecule has 0 unspecified atom stereocenters. The zero-order valence-electron chi connectivity index (χ0n) is 16.9. The number of nitrogens with one attached hydrogen (secondary N) is 2. The van der Waals surface area contributed by atoms with E-state index in [2.05, 4.69) is 32.3 Å². The Bertz CT molecular complexity index is 1230. The summed E-state index contributed by atoms with van der Waals surface area (Å²) in [5, 5.41) is 15.4. The summed E-state index contributed by atoms with van der Waals surface area (Å²) < 4.78 is 3.30. The SMILES string of the molecule is C=Cc1ccc(-n2nc(C3CCNCC3)cc2NC(=O)c2cnn3cccnc23)cn1. The molecule has 0 aromatic carbocycles. The lowest BCUT2D eigenvalue weighted by atomic mass is 9.95. The highest BCUT2D eigenvalue weighted by atomic mass is 16.1. The molecule has 0 bridgehead atoms. The van der Waals surface area contributed by atoms with E-state index in [9.17, 15) is 4.79 Å². The highest BCUT2D eigenvalue weighted by Gasteiger charge is 2.22. The fourth-order valence-corrected chi connectivity index (χ4v) is 3.82. The van der Waals surface area contributed by atoms with Gasteiger partial charge in [0.1, 0.15) is 11.4 Å². The van der Waals surface area contributed by atoms with Gasteiger partial charge < -0.3 is 10.6 Å². The Morgan fingerprint density at radius 1 is 1.23 bits per heavy atom. The summed E-state index contributed by atoms with van der Waals surface area (Å²) in [7, 11) is 0. The van der Waals surface area contributed by atoms with Gasteiger partial charge in [-0.1, -0.05) is 6.58 Å². The first-order chi connectivity index (χ1) is 15.2. The van der Waals surface area contributed by atoms with E-state index >= 15 is 0 Å². The van der Waals surface area contributed by atoms with E-state index in [1.54, 1.807) is 39.9 Å². The molecule has 1 amide bonds. The molecule has 1 fully saturated rings. The smallest absolute Gasteiger partial charge is 0.262 e. The molecular formula is C22H22N8O. The van der Waals surface area contributed by atoms with E-state index in [-0.39, 0.29) is 5.91 Å². The number of amides is 1. The zero-order valence-corrected chi connectivity index (χ0v) is 16.9. The summed E-state index contributed by atoms with van der Waals surface area (Å²) in [5.41, 5.74) is 3.40. The maximum atomic E-state index is 13.1. The molecule has 0 spiro atoms. The van der Waals surface area contributed by atoms with Gasteiger partial charge in [0.25, 0.3) is 5.91 Å². The normalized spacial score (nSPS) is 14.6. The van der Waals surface area contributed by atoms with Gasteiger partial charge >= 0.3 is 0 Å². The number of anilines is 1. The summed E-state index contributed by atoms with van der Waals surface area (Å²) in [6.07, 6.45) is 10.3. The van der Waals surface area contributed by atoms with Crippen LogP contribution >= 0.6 is 0 Å². The largest absolute Gasteiger partial charge is 0.317 e. The van der Waals surface area contributed by atoms with Crippen LogP contribution < -0.4 is 10.6 Å². The van der Waals surface area contributed by atoms with Crippen LogP contribution in [-0.4, -0.2) is 48.4 Å². The van der Waals surface area contributed by atoms with Crippen LogP contribution in [-0.2, 0) is 0 Å². The van der Waals surface area contributed by atoms with Gasteiger partial charge in [-0.25, -0.2) is 14.2 Å². The average Bonchev–Trinajstić information content (AvgIpc) is 3.44. The Balaban J connectivity index is 1.51. The Morgan fingerprint density at radius 2 is 2.10 bits per heavy atom. The maximum absolute atomic E-state index is 13.1. The second-order valence-electron chi connectivity index (χ2n) is 7.44. The van der Waals surface area contributed by atoms with Crippen LogP contribution in [0.4, 0.5) is 5.82 Å². The van der Waals surface area contributed by atoms with Gasteiger partial charge in [-0.15, -0.1) is 0 Å². The molecule has 0 radical (unpaired) electrons. The van der Waals surface area contributed by atoms with Crippen molar-refractivity contribution >= 4 is 23.4 Å². The summed E-state index contributed by atoms with van der Waals surface area (Å²) in [6.45, 7) is 5.67. The number of pyridine rings is 1. The Hall–Kier alpha value is -3.85. The van der Waals surface area contributed by atoms with E-state index in [0.717, 1.165) is 43.0 Å². The molecular weight excluding hydrogens is 392 g/mol. The molecule has 9 heteroatoms. The molecule has 1 aliphatic rings. The van der Waals surface area contributed by atoms with Crippen molar-refractivity contribution in [3.63, 3.8) is 0 Å². The fourth-order valence-electron chi connectivity index (χ4n) is 3.82. The van der Waals surface area contributed by atoms with Gasteiger partial charge in [0.2, 0.25) is 0 Å². The van der Waals surface area contributed by atoms with Crippen LogP contribution in [0, 0.1) is 0 Å². The van der Waals surface area contributed by atoms with Crippen molar-refractivity contribution in [3.05, 3.63) is 72.6 Å². The van der Waals surface area contributed by atoms with Crippen molar-refractivity contribution in [2.45, 2.75) is 18.8 Å². The molecule has 1 aliphatic heterocycles. The lowest BCUT2D eigenvalue weighted by Crippen LogP contribution is -2.26. The molecule has 4 aromatic rings. The van der Waals surface area contributed by atoms with E-state index < -0.39 is 0 Å². The molecule has 9 nitrogen and oxygen atoms in total. The van der Waals surface area contributed by atoms with Crippen LogP contribution in [0.25, 0.3) is 17.4 Å². The number of hydrogen-bond acceptors (Lipinski definition) is 6. The second kappa shape index (κ2) is 8.11. The molecule has 31 heavy (non-hydrogen) atoms. The monoisotopic (exact) mass is 414 g/mol. The van der Waals surface area contributed by atoms with Crippen molar-refractivity contribution in [1.82, 2.24) is 34.7 Å². The molecule has 4 aromatic heterocycles. The number of nitrogens with zero attached hydrogens (tertiary/aromatic N) is 6. The third kappa shape index (κ3) is 3.71. The number of carbonyl (C=O) groups is 1. The Labute approximate surface area is 178 Å². The highest BCUT2D eigenvalue weighted by Crippen LogP contribution is 2.28. The first kappa shape index (κ1) is 19.1. The minimum Gasteiger partial charge on any atom is -0.317 e. The number of carbonyl (C=O) groups excluding carboxylic acids is 1. The lowest BCUT2D eigenvalue weighted by molar-refractivity contribution is 0.102. The number of piperidine rings is 1. The topological polar surface area (TPSA) is 102 Å². The van der Waals surface area contributed by atoms with Gasteiger partial charge in [-0.05, 0) is 50.2 Å². The highest BCUT2D eigenvalue weighted by molar-refractivity contribution is 6.07. The first-order valence-electron chi connectivity index (χ1n) is 10.2. The van der Waals surface area contributed by atoms with Gasteiger partial charge in [-0.3, -0.25) is 9.78 Å². The predicted molar refractivity (Wildman–Crippen MR) is 117 cm³/mol. The number of hydrogen-bond donors (Lipinski definition) is 2. The van der Waals surface area contributed by atoms with E-state index in [1.165, 1.54) is 6.20 Å². The molecule has 156 valence electrons. The minimum atomic E-state index is -0.289. The summed E-state index contributed by atoms with van der Waals surface area (Å²) in [6, 6.07) is 7.50. The average molecular weight is 414 g/mol. The van der Waals surface area contributed by atoms with Crippen LogP contribution in [0.3, 0.4) is 0 Å². The van der Waals surface area contributed by atoms with Gasteiger partial charge in [0, 0.05) is 24.4 Å². The second-order valence-corrected chi connectivity index (χ2v) is 7.44. The van der Waals surface area contributed by atoms with Crippen molar-refractivity contribution in [2.24, 2.45) is 0 Å². The maximum Gasteiger partial charge on any atom is 0.262 e. The van der Waals surface area contributed by atoms with Gasteiger partial charge in [0.05, 0.1) is 29.5 Å². The third-order valence-electron chi connectivity index (χ3n) is 5.48. The molecule has 0 saturated carbocycles. The van der Waals surface area contributed by atoms with Crippen LogP contribution in [0.1, 0.15) is 40.5 Å². The zero-order chi connectivity index (χ0) is 21.2. The predicted octanol–water partition coefficient (Wildman–Crippen LogP) is 2.67. The third-order valence-corrected chi connectivity index (χ3v) is 5.48. The number of fused-ring (bicyclic) bond motifs is 1. The first-order valence-corrected chi connectivity index (χ1v) is 10.2. The molecule has 1 saturated heterocycles. The molecule has 2 N–H and O–H groups in total. The van der Waals surface area contributed by atoms with Gasteiger partial charge in [-0.2, -0.15) is 10.2 Å². The summed E-state index contributed by atoms with van der Waals surface area (Å²) >= 11 is 0. The van der Waals surface area contributed by atoms with Crippen LogP contribution in [0.2, 0.25) is 0 Å². The van der Waals surface area contributed by atoms with E-state index in [4.69, 9.17) is 5.10 Å². The van der Waals surface area contributed by atoms with Crippen molar-refractivity contribution in [2.75, 3.05) is 18.4 Å². The van der Waals surface area contributed by atoms with Crippen molar-refractivity contribution in [3.8, 4) is 5.69 Å². The fraction of sp³-hybridized carbons (Fsp3) is 0.227. The molecule has 0 aliphatic carbocycles. The summed E-state index contributed by atoms with van der Waals surface area (Å²) in [5.74, 6) is 0.640. The van der Waals surface area contributed by atoms with Crippen LogP contribution in [0.5, 0.6) is 0 Å². The quantitative estimate of drug-likeness (QED) is 0.521. The van der Waals surface area contributed by atoms with E-state index in [0.29, 0.717) is 22.9 Å². The standard InChI is InChI=1S/C22H22N8O/c1-2-16-4-5-17(13-25-16)30-20(12-19(28-30)15-6-9-23-10-7-15)27-22(31)18-14-26-29-11-3-8-24-21(18)29/h2-5,8,11-15,23H,1,6-7,9-10H2,(H,27,31). The molecule has 0 atom stereocenters. The Morgan fingerprint density at radius 3 is 2.87 bits per heavy atom. The molecule has 5 heterocycles. The van der Waals surface area contributed by atoms with E-state index in [1.807, 2.05) is 18.2 Å². The number of rotatable bonds is 5. The van der Waals surface area contributed by atoms with Crippen LogP contribution in [0.15, 0.2) is 55.6 Å². The Kier molecular flexibility index (Phi) is 5.01. The molecule has 5 rings (SSSR count). The van der Waals surface area contributed by atoms with Crippen molar-refractivity contribution < 1.29 is 4.79 Å². The van der Waals surface area contributed by atoms with Gasteiger partial charge in [0.15, 0.2) is 5.65 Å². The van der Waals surface area contributed by atoms with Crippen molar-refractivity contribution in [1.29, 1.82) is 0 Å².